The number of hydrazine groups is 1. The number of rotatable bonds is 6. The number of hydrogen-bond acceptors (Lipinski definition) is 5. The quantitative estimate of drug-likeness (QED) is 0.557. The second kappa shape index (κ2) is 5.85. The Morgan fingerprint density at radius 2 is 2.12 bits per heavy atom. The van der Waals surface area contributed by atoms with Gasteiger partial charge in [-0.15, -0.1) is 4.83 Å². The molecule has 1 rings (SSSR count). The Hall–Kier alpha value is -1.31. The molecule has 7 heteroatoms. The van der Waals surface area contributed by atoms with Gasteiger partial charge in [0.2, 0.25) is 10.0 Å². The minimum Gasteiger partial charge on any atom is -0.492 e. The van der Waals surface area contributed by atoms with Crippen LogP contribution < -0.4 is 15.3 Å². The van der Waals surface area contributed by atoms with Crippen molar-refractivity contribution in [2.75, 3.05) is 32.2 Å². The monoisotopic (exact) mass is 259 g/mol. The summed E-state index contributed by atoms with van der Waals surface area (Å²) in [5.41, 5.74) is 6.15. The molecule has 0 aromatic heterocycles. The first-order chi connectivity index (χ1) is 7.89. The van der Waals surface area contributed by atoms with Crippen molar-refractivity contribution in [3.8, 4) is 5.75 Å². The predicted octanol–water partition coefficient (Wildman–Crippen LogP) is 0.0436. The number of sulfonamides is 1. The van der Waals surface area contributed by atoms with Gasteiger partial charge in [0, 0.05) is 25.8 Å². The van der Waals surface area contributed by atoms with Gasteiger partial charge >= 0.3 is 0 Å². The maximum Gasteiger partial charge on any atom is 0.227 e. The van der Waals surface area contributed by atoms with Crippen LogP contribution in [0.3, 0.4) is 0 Å². The average Bonchev–Trinajstić information content (AvgIpc) is 2.15. The largest absolute Gasteiger partial charge is 0.492 e. The molecule has 3 N–H and O–H groups in total. The Balaban J connectivity index is 2.43. The number of hydrogen-bond donors (Lipinski definition) is 2. The summed E-state index contributed by atoms with van der Waals surface area (Å²) in [5, 5.41) is 1.37. The van der Waals surface area contributed by atoms with Crippen molar-refractivity contribution in [1.29, 1.82) is 0 Å². The molecule has 6 nitrogen and oxygen atoms in total. The zero-order valence-corrected chi connectivity index (χ0v) is 10.7. The summed E-state index contributed by atoms with van der Waals surface area (Å²) < 4.78 is 28.2. The third-order valence-electron chi connectivity index (χ3n) is 1.80. The molecule has 0 aliphatic carbocycles. The molecule has 0 heterocycles. The summed E-state index contributed by atoms with van der Waals surface area (Å²) in [6.07, 6.45) is 0. The van der Waals surface area contributed by atoms with E-state index in [1.54, 1.807) is 38.4 Å². The van der Waals surface area contributed by atoms with Crippen LogP contribution in [0.15, 0.2) is 24.3 Å². The Morgan fingerprint density at radius 1 is 1.41 bits per heavy atom. The molecule has 0 amide bonds. The fraction of sp³-hybridized carbons (Fsp3) is 0.400. The molecule has 1 aromatic rings. The Labute approximate surface area is 101 Å². The third-order valence-corrected chi connectivity index (χ3v) is 3.15. The lowest BCUT2D eigenvalue weighted by Gasteiger charge is -2.12. The van der Waals surface area contributed by atoms with Gasteiger partial charge in [0.05, 0.1) is 5.75 Å². The van der Waals surface area contributed by atoms with Gasteiger partial charge < -0.3 is 10.5 Å². The number of nitrogens with one attached hydrogen (secondary N) is 1. The normalized spacial score (nSPS) is 11.7. The lowest BCUT2D eigenvalue weighted by atomic mass is 10.3. The number of nitrogens with two attached hydrogens (primary N) is 1. The smallest absolute Gasteiger partial charge is 0.227 e. The Bertz CT molecular complexity index is 460. The van der Waals surface area contributed by atoms with Crippen molar-refractivity contribution in [2.45, 2.75) is 0 Å². The van der Waals surface area contributed by atoms with E-state index in [-0.39, 0.29) is 12.4 Å². The van der Waals surface area contributed by atoms with E-state index in [1.807, 2.05) is 0 Å². The molecule has 1 aromatic carbocycles. The minimum absolute atomic E-state index is 0.0760. The van der Waals surface area contributed by atoms with E-state index < -0.39 is 10.0 Å². The zero-order valence-electron chi connectivity index (χ0n) is 9.88. The van der Waals surface area contributed by atoms with Crippen LogP contribution in [0.2, 0.25) is 0 Å². The summed E-state index contributed by atoms with van der Waals surface area (Å²) in [5.74, 6) is 0.449. The van der Waals surface area contributed by atoms with Crippen LogP contribution in [0.25, 0.3) is 0 Å². The molecule has 0 bridgehead atoms. The first-order valence-corrected chi connectivity index (χ1v) is 6.70. The highest BCUT2D eigenvalue weighted by Crippen LogP contribution is 2.14. The summed E-state index contributed by atoms with van der Waals surface area (Å²) in [7, 11) is -0.127. The van der Waals surface area contributed by atoms with Crippen LogP contribution in [0.5, 0.6) is 5.75 Å². The molecule has 0 radical (unpaired) electrons. The van der Waals surface area contributed by atoms with Gasteiger partial charge in [-0.3, -0.25) is 0 Å². The minimum atomic E-state index is -3.34. The molecule has 0 aliphatic rings. The second-order valence-corrected chi connectivity index (χ2v) is 5.55. The van der Waals surface area contributed by atoms with Crippen LogP contribution in [0, 0.1) is 0 Å². The number of nitrogen functional groups attached to an aromatic ring is 1. The summed E-state index contributed by atoms with van der Waals surface area (Å²) in [4.78, 5) is 2.32. The van der Waals surface area contributed by atoms with Crippen LogP contribution >= 0.6 is 0 Å². The lowest BCUT2D eigenvalue weighted by molar-refractivity contribution is 0.331. The van der Waals surface area contributed by atoms with Gasteiger partial charge in [0.15, 0.2) is 0 Å². The number of benzene rings is 1. The first kappa shape index (κ1) is 13.8. The van der Waals surface area contributed by atoms with Crippen molar-refractivity contribution in [3.05, 3.63) is 24.3 Å². The van der Waals surface area contributed by atoms with Gasteiger partial charge in [-0.25, -0.2) is 13.4 Å². The zero-order chi connectivity index (χ0) is 12.9. The average molecular weight is 259 g/mol. The van der Waals surface area contributed by atoms with Crippen LogP contribution in [0.4, 0.5) is 5.69 Å². The number of ether oxygens (including phenoxy) is 1. The number of nitrogens with zero attached hydrogens (tertiary/aromatic N) is 1. The molecule has 0 unspecified atom stereocenters. The van der Waals surface area contributed by atoms with E-state index in [9.17, 15) is 8.42 Å². The molecule has 0 fully saturated rings. The third kappa shape index (κ3) is 5.53. The maximum absolute atomic E-state index is 11.4. The van der Waals surface area contributed by atoms with E-state index in [1.165, 1.54) is 5.01 Å². The lowest BCUT2D eigenvalue weighted by Crippen LogP contribution is -2.38. The summed E-state index contributed by atoms with van der Waals surface area (Å²) in [6, 6.07) is 6.85. The Kier molecular flexibility index (Phi) is 4.73. The molecule has 96 valence electrons. The maximum atomic E-state index is 11.4. The van der Waals surface area contributed by atoms with E-state index in [0.717, 1.165) is 0 Å². The molecule has 17 heavy (non-hydrogen) atoms. The highest BCUT2D eigenvalue weighted by Gasteiger charge is 2.10. The second-order valence-electron chi connectivity index (χ2n) is 3.73. The van der Waals surface area contributed by atoms with E-state index >= 15 is 0 Å². The van der Waals surface area contributed by atoms with Crippen LogP contribution in [0.1, 0.15) is 0 Å². The van der Waals surface area contributed by atoms with Crippen molar-refractivity contribution in [1.82, 2.24) is 9.84 Å². The molecule has 0 saturated heterocycles. The predicted molar refractivity (Wildman–Crippen MR) is 67.0 cm³/mol. The van der Waals surface area contributed by atoms with Crippen molar-refractivity contribution >= 4 is 15.7 Å². The van der Waals surface area contributed by atoms with Gasteiger partial charge in [0.1, 0.15) is 12.4 Å². The molecule has 0 aliphatic heterocycles. The van der Waals surface area contributed by atoms with Crippen LogP contribution in [-0.4, -0.2) is 39.9 Å². The molecular formula is C10H17N3O3S. The van der Waals surface area contributed by atoms with Crippen molar-refractivity contribution in [3.63, 3.8) is 0 Å². The molecule has 0 spiro atoms. The van der Waals surface area contributed by atoms with Gasteiger partial charge in [-0.1, -0.05) is 6.07 Å². The SMILES string of the molecule is CN(C)NS(=O)(=O)CCOc1cccc(N)c1. The van der Waals surface area contributed by atoms with Crippen LogP contribution in [-0.2, 0) is 10.0 Å². The van der Waals surface area contributed by atoms with Gasteiger partial charge in [-0.05, 0) is 12.1 Å². The van der Waals surface area contributed by atoms with Gasteiger partial charge in [-0.2, -0.15) is 0 Å². The summed E-state index contributed by atoms with van der Waals surface area (Å²) in [6.45, 7) is 0.0760. The van der Waals surface area contributed by atoms with Gasteiger partial charge in [0.25, 0.3) is 0 Å². The standard InChI is InChI=1S/C10H17N3O3S/c1-13(2)12-17(14,15)7-6-16-10-5-3-4-9(11)8-10/h3-5,8,12H,6-7,11H2,1-2H3. The van der Waals surface area contributed by atoms with E-state index in [4.69, 9.17) is 10.5 Å². The van der Waals surface area contributed by atoms with Crippen molar-refractivity contribution in [2.24, 2.45) is 0 Å². The van der Waals surface area contributed by atoms with E-state index in [2.05, 4.69) is 4.83 Å². The fourth-order valence-electron chi connectivity index (χ4n) is 1.20. The highest BCUT2D eigenvalue weighted by atomic mass is 32.2. The first-order valence-electron chi connectivity index (χ1n) is 5.05. The Morgan fingerprint density at radius 3 is 2.71 bits per heavy atom. The summed E-state index contributed by atoms with van der Waals surface area (Å²) >= 11 is 0. The molecular weight excluding hydrogens is 242 g/mol. The highest BCUT2D eigenvalue weighted by molar-refractivity contribution is 7.89. The molecule has 0 atom stereocenters. The topological polar surface area (TPSA) is 84.7 Å². The van der Waals surface area contributed by atoms with Crippen molar-refractivity contribution < 1.29 is 13.2 Å². The number of anilines is 1. The fourth-order valence-corrected chi connectivity index (χ4v) is 2.15. The van der Waals surface area contributed by atoms with E-state index in [0.29, 0.717) is 11.4 Å². The molecule has 0 saturated carbocycles.